The fraction of sp³-hybridized carbons (Fsp3) is 0.300. The Morgan fingerprint density at radius 1 is 0.852 bits per heavy atom. The van der Waals surface area contributed by atoms with Crippen molar-refractivity contribution in [2.24, 2.45) is 5.73 Å². The summed E-state index contributed by atoms with van der Waals surface area (Å²) in [5, 5.41) is 0.660. The minimum absolute atomic E-state index is 0. The van der Waals surface area contributed by atoms with Crippen molar-refractivity contribution >= 4 is 35.8 Å². The fourth-order valence-electron chi connectivity index (χ4n) is 3.01. The maximum absolute atomic E-state index is 12.6. The molecule has 1 heterocycles. The minimum atomic E-state index is -0.00151. The number of benzene rings is 2. The average Bonchev–Trinajstić information content (AvgIpc) is 2.69. The van der Waals surface area contributed by atoms with Gasteiger partial charge in [-0.25, -0.2) is 0 Å². The number of carbonyl (C=O) groups is 2. The topological polar surface area (TPSA) is 66.6 Å². The van der Waals surface area contributed by atoms with Gasteiger partial charge in [-0.05, 0) is 35.4 Å². The molecule has 2 aromatic rings. The molecule has 0 spiro atoms. The molecule has 144 valence electrons. The molecule has 0 bridgehead atoms. The van der Waals surface area contributed by atoms with E-state index in [0.717, 1.165) is 11.1 Å². The number of amides is 2. The van der Waals surface area contributed by atoms with Gasteiger partial charge >= 0.3 is 0 Å². The summed E-state index contributed by atoms with van der Waals surface area (Å²) >= 11 is 5.87. The predicted octanol–water partition coefficient (Wildman–Crippen LogP) is 2.75. The van der Waals surface area contributed by atoms with Crippen LogP contribution >= 0.6 is 24.0 Å². The number of hydrogen-bond donors (Lipinski definition) is 1. The summed E-state index contributed by atoms with van der Waals surface area (Å²) < 4.78 is 0. The van der Waals surface area contributed by atoms with Crippen molar-refractivity contribution in [2.45, 2.75) is 13.0 Å². The van der Waals surface area contributed by atoms with Crippen LogP contribution in [0.25, 0.3) is 0 Å². The Kier molecular flexibility index (Phi) is 7.66. The Bertz CT molecular complexity index is 771. The van der Waals surface area contributed by atoms with Crippen molar-refractivity contribution < 1.29 is 9.59 Å². The van der Waals surface area contributed by atoms with E-state index in [9.17, 15) is 9.59 Å². The van der Waals surface area contributed by atoms with E-state index in [1.54, 1.807) is 17.0 Å². The van der Waals surface area contributed by atoms with E-state index >= 15 is 0 Å². The second-order valence-electron chi connectivity index (χ2n) is 6.38. The van der Waals surface area contributed by atoms with Crippen molar-refractivity contribution in [3.05, 3.63) is 70.2 Å². The number of carbonyl (C=O) groups excluding carboxylic acids is 2. The standard InChI is InChI=1S/C20H22ClN3O2.ClH/c21-18-7-3-15(4-8-18)13-19(25)23-9-11-24(12-10-23)20(26)17-5-1-16(14-22)2-6-17;/h1-8H,9-14,22H2;1H. The monoisotopic (exact) mass is 407 g/mol. The SMILES string of the molecule is Cl.NCc1ccc(C(=O)N2CCN(C(=O)Cc3ccc(Cl)cc3)CC2)cc1. The van der Waals surface area contributed by atoms with Gasteiger partial charge in [0.1, 0.15) is 0 Å². The van der Waals surface area contributed by atoms with Crippen LogP contribution < -0.4 is 5.73 Å². The molecular weight excluding hydrogens is 385 g/mol. The van der Waals surface area contributed by atoms with E-state index < -0.39 is 0 Å². The molecular formula is C20H23Cl2N3O2. The van der Waals surface area contributed by atoms with Gasteiger partial charge in [0, 0.05) is 43.3 Å². The molecule has 0 saturated carbocycles. The summed E-state index contributed by atoms with van der Waals surface area (Å²) in [6.45, 7) is 2.66. The Hall–Kier alpha value is -2.08. The molecule has 3 rings (SSSR count). The number of nitrogens with two attached hydrogens (primary N) is 1. The molecule has 0 aromatic heterocycles. The lowest BCUT2D eigenvalue weighted by atomic mass is 10.1. The van der Waals surface area contributed by atoms with Crippen LogP contribution in [0.15, 0.2) is 48.5 Å². The highest BCUT2D eigenvalue weighted by Crippen LogP contribution is 2.13. The van der Waals surface area contributed by atoms with Crippen molar-refractivity contribution in [1.82, 2.24) is 9.80 Å². The summed E-state index contributed by atoms with van der Waals surface area (Å²) in [6, 6.07) is 14.7. The number of hydrogen-bond acceptors (Lipinski definition) is 3. The molecule has 0 radical (unpaired) electrons. The maximum atomic E-state index is 12.6. The molecule has 0 atom stereocenters. The van der Waals surface area contributed by atoms with Crippen LogP contribution in [0.4, 0.5) is 0 Å². The van der Waals surface area contributed by atoms with Crippen molar-refractivity contribution in [1.29, 1.82) is 0 Å². The third kappa shape index (κ3) is 5.45. The Balaban J connectivity index is 0.00000261. The second kappa shape index (κ2) is 9.74. The quantitative estimate of drug-likeness (QED) is 0.846. The molecule has 0 aliphatic carbocycles. The van der Waals surface area contributed by atoms with Crippen LogP contribution in [0.1, 0.15) is 21.5 Å². The van der Waals surface area contributed by atoms with Crippen LogP contribution in [-0.4, -0.2) is 47.8 Å². The zero-order valence-electron chi connectivity index (χ0n) is 14.9. The van der Waals surface area contributed by atoms with Gasteiger partial charge in [-0.3, -0.25) is 9.59 Å². The zero-order valence-corrected chi connectivity index (χ0v) is 16.5. The summed E-state index contributed by atoms with van der Waals surface area (Å²) in [6.07, 6.45) is 0.353. The Morgan fingerprint density at radius 3 is 1.93 bits per heavy atom. The van der Waals surface area contributed by atoms with Gasteiger partial charge in [0.25, 0.3) is 5.91 Å². The van der Waals surface area contributed by atoms with Crippen LogP contribution in [-0.2, 0) is 17.8 Å². The van der Waals surface area contributed by atoms with E-state index in [1.807, 2.05) is 41.3 Å². The first kappa shape index (κ1) is 21.2. The van der Waals surface area contributed by atoms with Crippen LogP contribution in [0.3, 0.4) is 0 Å². The maximum Gasteiger partial charge on any atom is 0.253 e. The molecule has 2 amide bonds. The lowest BCUT2D eigenvalue weighted by Crippen LogP contribution is -2.51. The molecule has 5 nitrogen and oxygen atoms in total. The van der Waals surface area contributed by atoms with E-state index in [1.165, 1.54) is 0 Å². The first-order chi connectivity index (χ1) is 12.6. The molecule has 1 saturated heterocycles. The smallest absolute Gasteiger partial charge is 0.253 e. The van der Waals surface area contributed by atoms with E-state index in [-0.39, 0.29) is 24.2 Å². The van der Waals surface area contributed by atoms with Gasteiger partial charge < -0.3 is 15.5 Å². The van der Waals surface area contributed by atoms with Gasteiger partial charge in [0.05, 0.1) is 6.42 Å². The highest BCUT2D eigenvalue weighted by molar-refractivity contribution is 6.30. The lowest BCUT2D eigenvalue weighted by Gasteiger charge is -2.35. The summed E-state index contributed by atoms with van der Waals surface area (Å²) in [4.78, 5) is 28.6. The number of rotatable bonds is 4. The molecule has 1 aliphatic heterocycles. The molecule has 1 fully saturated rings. The van der Waals surface area contributed by atoms with Crippen LogP contribution in [0, 0.1) is 0 Å². The fourth-order valence-corrected chi connectivity index (χ4v) is 3.14. The summed E-state index contributed by atoms with van der Waals surface area (Å²) in [5.74, 6) is 0.0742. The summed E-state index contributed by atoms with van der Waals surface area (Å²) in [7, 11) is 0. The Labute approximate surface area is 170 Å². The highest BCUT2D eigenvalue weighted by Gasteiger charge is 2.24. The normalized spacial score (nSPS) is 13.9. The van der Waals surface area contributed by atoms with Crippen LogP contribution in [0.2, 0.25) is 5.02 Å². The third-order valence-corrected chi connectivity index (χ3v) is 4.88. The molecule has 2 N–H and O–H groups in total. The molecule has 2 aromatic carbocycles. The van der Waals surface area contributed by atoms with Gasteiger partial charge in [0.2, 0.25) is 5.91 Å². The van der Waals surface area contributed by atoms with Crippen molar-refractivity contribution in [3.63, 3.8) is 0 Å². The lowest BCUT2D eigenvalue weighted by molar-refractivity contribution is -0.131. The third-order valence-electron chi connectivity index (χ3n) is 4.62. The van der Waals surface area contributed by atoms with Gasteiger partial charge in [-0.2, -0.15) is 0 Å². The van der Waals surface area contributed by atoms with E-state index in [2.05, 4.69) is 0 Å². The Morgan fingerprint density at radius 2 is 1.37 bits per heavy atom. The van der Waals surface area contributed by atoms with Crippen LogP contribution in [0.5, 0.6) is 0 Å². The number of halogens is 2. The highest BCUT2D eigenvalue weighted by atomic mass is 35.5. The van der Waals surface area contributed by atoms with Gasteiger partial charge in [-0.15, -0.1) is 12.4 Å². The van der Waals surface area contributed by atoms with Gasteiger partial charge in [-0.1, -0.05) is 35.9 Å². The predicted molar refractivity (Wildman–Crippen MR) is 109 cm³/mol. The summed E-state index contributed by atoms with van der Waals surface area (Å²) in [5.41, 5.74) is 8.18. The first-order valence-corrected chi connectivity index (χ1v) is 9.05. The van der Waals surface area contributed by atoms with Gasteiger partial charge in [0.15, 0.2) is 0 Å². The molecule has 0 unspecified atom stereocenters. The largest absolute Gasteiger partial charge is 0.339 e. The molecule has 27 heavy (non-hydrogen) atoms. The average molecular weight is 408 g/mol. The van der Waals surface area contributed by atoms with E-state index in [4.69, 9.17) is 17.3 Å². The zero-order chi connectivity index (χ0) is 18.5. The molecule has 1 aliphatic rings. The van der Waals surface area contributed by atoms with E-state index in [0.29, 0.717) is 49.7 Å². The molecule has 7 heteroatoms. The minimum Gasteiger partial charge on any atom is -0.339 e. The number of nitrogens with zero attached hydrogens (tertiary/aromatic N) is 2. The van der Waals surface area contributed by atoms with Crippen molar-refractivity contribution in [3.8, 4) is 0 Å². The second-order valence-corrected chi connectivity index (χ2v) is 6.81. The first-order valence-electron chi connectivity index (χ1n) is 8.67. The van der Waals surface area contributed by atoms with Crippen molar-refractivity contribution in [2.75, 3.05) is 26.2 Å². The number of piperazine rings is 1.